The number of nitrogens with one attached hydrogen (secondary N) is 1. The van der Waals surface area contributed by atoms with Crippen molar-refractivity contribution < 1.29 is 4.79 Å². The van der Waals surface area contributed by atoms with Crippen molar-refractivity contribution in [2.75, 3.05) is 10.6 Å². The molecule has 0 saturated carbocycles. The molecule has 1 rings (SSSR count). The monoisotopic (exact) mass is 252 g/mol. The van der Waals surface area contributed by atoms with Crippen molar-refractivity contribution in [1.29, 1.82) is 5.26 Å². The number of para-hydroxylation sites is 1. The van der Waals surface area contributed by atoms with E-state index in [1.807, 2.05) is 6.07 Å². The van der Waals surface area contributed by atoms with Crippen molar-refractivity contribution in [2.45, 2.75) is 6.42 Å². The number of nitriles is 1. The Bertz CT molecular complexity index is 371. The smallest absolute Gasteiger partial charge is 0.225 e. The van der Waals surface area contributed by atoms with Gasteiger partial charge in [0.2, 0.25) is 5.91 Å². The lowest BCUT2D eigenvalue weighted by molar-refractivity contribution is -0.115. The largest absolute Gasteiger partial charge is 0.325 e. The number of hydrogen-bond donors (Lipinski definition) is 1. The highest BCUT2D eigenvalue weighted by atomic mass is 79.9. The molecular weight excluding hydrogens is 244 g/mol. The number of alkyl halides is 1. The van der Waals surface area contributed by atoms with Crippen LogP contribution in [0.3, 0.4) is 0 Å². The van der Waals surface area contributed by atoms with E-state index in [4.69, 9.17) is 5.26 Å². The zero-order chi connectivity index (χ0) is 10.4. The number of amides is 1. The fraction of sp³-hybridized carbons (Fsp3) is 0.200. The van der Waals surface area contributed by atoms with E-state index in [1.54, 1.807) is 24.3 Å². The van der Waals surface area contributed by atoms with Gasteiger partial charge in [-0.1, -0.05) is 28.1 Å². The van der Waals surface area contributed by atoms with Crippen LogP contribution in [0.2, 0.25) is 0 Å². The lowest BCUT2D eigenvalue weighted by Crippen LogP contribution is -2.12. The van der Waals surface area contributed by atoms with E-state index in [0.29, 0.717) is 23.0 Å². The summed E-state index contributed by atoms with van der Waals surface area (Å²) >= 11 is 3.17. The molecule has 1 aromatic rings. The summed E-state index contributed by atoms with van der Waals surface area (Å²) in [6, 6.07) is 8.94. The average molecular weight is 253 g/mol. The van der Waals surface area contributed by atoms with Gasteiger partial charge in [-0.05, 0) is 12.1 Å². The van der Waals surface area contributed by atoms with Crippen molar-refractivity contribution in [1.82, 2.24) is 0 Å². The quantitative estimate of drug-likeness (QED) is 0.840. The molecule has 1 N–H and O–H groups in total. The first-order valence-electron chi connectivity index (χ1n) is 4.13. The molecule has 0 bridgehead atoms. The minimum Gasteiger partial charge on any atom is -0.325 e. The zero-order valence-corrected chi connectivity index (χ0v) is 9.04. The lowest BCUT2D eigenvalue weighted by atomic mass is 10.2. The summed E-state index contributed by atoms with van der Waals surface area (Å²) in [5.74, 6) is -0.0930. The van der Waals surface area contributed by atoms with Crippen molar-refractivity contribution in [3.05, 3.63) is 29.8 Å². The van der Waals surface area contributed by atoms with Gasteiger partial charge in [-0.25, -0.2) is 0 Å². The van der Waals surface area contributed by atoms with Crippen molar-refractivity contribution in [3.63, 3.8) is 0 Å². The van der Waals surface area contributed by atoms with Crippen LogP contribution in [0.4, 0.5) is 5.69 Å². The van der Waals surface area contributed by atoms with E-state index < -0.39 is 0 Å². The second-order valence-electron chi connectivity index (χ2n) is 2.64. The molecule has 0 spiro atoms. The standard InChI is InChI=1S/C10H9BrN2O/c11-6-5-10(14)13-9-4-2-1-3-8(9)7-12/h1-4H,5-6H2,(H,13,14). The number of carbonyl (C=O) groups excluding carboxylic acids is 1. The number of hydrogen-bond acceptors (Lipinski definition) is 2. The van der Waals surface area contributed by atoms with E-state index in [0.717, 1.165) is 0 Å². The van der Waals surface area contributed by atoms with E-state index in [-0.39, 0.29) is 5.91 Å². The highest BCUT2D eigenvalue weighted by molar-refractivity contribution is 9.09. The molecule has 0 fully saturated rings. The van der Waals surface area contributed by atoms with E-state index in [2.05, 4.69) is 21.2 Å². The summed E-state index contributed by atoms with van der Waals surface area (Å²) in [5.41, 5.74) is 1.05. The molecule has 0 atom stereocenters. The van der Waals surface area contributed by atoms with Gasteiger partial charge in [0.1, 0.15) is 6.07 Å². The summed E-state index contributed by atoms with van der Waals surface area (Å²) in [7, 11) is 0. The molecule has 72 valence electrons. The SMILES string of the molecule is N#Cc1ccccc1NC(=O)CCBr. The number of benzene rings is 1. The minimum absolute atomic E-state index is 0.0930. The molecule has 0 aromatic heterocycles. The number of carbonyl (C=O) groups is 1. The van der Waals surface area contributed by atoms with Crippen LogP contribution in [-0.2, 0) is 4.79 Å². The van der Waals surface area contributed by atoms with Gasteiger partial charge < -0.3 is 5.32 Å². The summed E-state index contributed by atoms with van der Waals surface area (Å²) < 4.78 is 0. The molecule has 0 radical (unpaired) electrons. The predicted octanol–water partition coefficient (Wildman–Crippen LogP) is 2.28. The second kappa shape index (κ2) is 5.40. The third kappa shape index (κ3) is 2.86. The Labute approximate surface area is 90.9 Å². The Kier molecular flexibility index (Phi) is 4.14. The fourth-order valence-corrected chi connectivity index (χ4v) is 1.35. The topological polar surface area (TPSA) is 52.9 Å². The number of rotatable bonds is 3. The average Bonchev–Trinajstić information content (AvgIpc) is 2.19. The maximum atomic E-state index is 11.2. The van der Waals surface area contributed by atoms with Crippen LogP contribution in [0.25, 0.3) is 0 Å². The van der Waals surface area contributed by atoms with Gasteiger partial charge in [0, 0.05) is 11.8 Å². The lowest BCUT2D eigenvalue weighted by Gasteiger charge is -2.04. The normalized spacial score (nSPS) is 9.14. The summed E-state index contributed by atoms with van der Waals surface area (Å²) in [6.45, 7) is 0. The third-order valence-corrected chi connectivity index (χ3v) is 2.04. The predicted molar refractivity (Wildman–Crippen MR) is 58.2 cm³/mol. The van der Waals surface area contributed by atoms with Gasteiger partial charge in [0.05, 0.1) is 11.3 Å². The molecule has 0 unspecified atom stereocenters. The Balaban J connectivity index is 2.77. The molecule has 0 saturated heterocycles. The first kappa shape index (κ1) is 10.7. The van der Waals surface area contributed by atoms with Crippen LogP contribution in [0.1, 0.15) is 12.0 Å². The first-order valence-corrected chi connectivity index (χ1v) is 5.25. The van der Waals surface area contributed by atoms with Crippen LogP contribution >= 0.6 is 15.9 Å². The van der Waals surface area contributed by atoms with E-state index in [1.165, 1.54) is 0 Å². The number of halogens is 1. The summed E-state index contributed by atoms with van der Waals surface area (Å²) in [5, 5.41) is 12.0. The molecule has 0 aliphatic rings. The molecule has 3 nitrogen and oxygen atoms in total. The number of nitrogens with zero attached hydrogens (tertiary/aromatic N) is 1. The summed E-state index contributed by atoms with van der Waals surface area (Å²) in [4.78, 5) is 11.2. The van der Waals surface area contributed by atoms with Gasteiger partial charge in [-0.15, -0.1) is 0 Å². The van der Waals surface area contributed by atoms with Gasteiger partial charge in [-0.2, -0.15) is 5.26 Å². The Morgan fingerprint density at radius 3 is 2.86 bits per heavy atom. The third-order valence-electron chi connectivity index (χ3n) is 1.64. The zero-order valence-electron chi connectivity index (χ0n) is 7.46. The molecule has 0 heterocycles. The molecular formula is C10H9BrN2O. The Hall–Kier alpha value is -1.34. The van der Waals surface area contributed by atoms with Crippen LogP contribution in [0.5, 0.6) is 0 Å². The molecule has 0 aliphatic carbocycles. The molecule has 14 heavy (non-hydrogen) atoms. The fourth-order valence-electron chi connectivity index (χ4n) is 0.988. The first-order chi connectivity index (χ1) is 6.77. The maximum Gasteiger partial charge on any atom is 0.225 e. The van der Waals surface area contributed by atoms with Crippen LogP contribution < -0.4 is 5.32 Å². The second-order valence-corrected chi connectivity index (χ2v) is 3.44. The number of anilines is 1. The highest BCUT2D eigenvalue weighted by Gasteiger charge is 2.04. The minimum atomic E-state index is -0.0930. The summed E-state index contributed by atoms with van der Waals surface area (Å²) in [6.07, 6.45) is 0.403. The van der Waals surface area contributed by atoms with Crippen LogP contribution in [-0.4, -0.2) is 11.2 Å². The van der Waals surface area contributed by atoms with E-state index >= 15 is 0 Å². The molecule has 1 aromatic carbocycles. The van der Waals surface area contributed by atoms with Gasteiger partial charge >= 0.3 is 0 Å². The van der Waals surface area contributed by atoms with Crippen molar-refractivity contribution in [2.24, 2.45) is 0 Å². The highest BCUT2D eigenvalue weighted by Crippen LogP contribution is 2.13. The maximum absolute atomic E-state index is 11.2. The van der Waals surface area contributed by atoms with Gasteiger partial charge in [0.25, 0.3) is 0 Å². The molecule has 1 amide bonds. The van der Waals surface area contributed by atoms with Gasteiger partial charge in [0.15, 0.2) is 0 Å². The van der Waals surface area contributed by atoms with E-state index in [9.17, 15) is 4.79 Å². The van der Waals surface area contributed by atoms with Gasteiger partial charge in [-0.3, -0.25) is 4.79 Å². The van der Waals surface area contributed by atoms with Crippen molar-refractivity contribution >= 4 is 27.5 Å². The molecule has 0 aliphatic heterocycles. The van der Waals surface area contributed by atoms with Crippen LogP contribution in [0.15, 0.2) is 24.3 Å². The Morgan fingerprint density at radius 2 is 2.21 bits per heavy atom. The van der Waals surface area contributed by atoms with Crippen LogP contribution in [0, 0.1) is 11.3 Å². The molecule has 4 heteroatoms. The Morgan fingerprint density at radius 1 is 1.50 bits per heavy atom. The van der Waals surface area contributed by atoms with Crippen molar-refractivity contribution in [3.8, 4) is 6.07 Å².